The first-order valence-corrected chi connectivity index (χ1v) is 6.67. The minimum absolute atomic E-state index is 0.00707. The molecule has 1 aromatic rings. The summed E-state index contributed by atoms with van der Waals surface area (Å²) in [6.45, 7) is 4.31. The van der Waals surface area contributed by atoms with Crippen LogP contribution in [0.25, 0.3) is 0 Å². The second kappa shape index (κ2) is 5.88. The topological polar surface area (TPSA) is 47.3 Å². The molecule has 1 heterocycles. The first kappa shape index (κ1) is 12.9. The molecule has 1 saturated heterocycles. The fourth-order valence-corrected chi connectivity index (χ4v) is 2.63. The van der Waals surface area contributed by atoms with Crippen LogP contribution >= 0.6 is 0 Å². The fourth-order valence-electron chi connectivity index (χ4n) is 2.63. The van der Waals surface area contributed by atoms with Crippen LogP contribution in [0.15, 0.2) is 18.2 Å². The van der Waals surface area contributed by atoms with Crippen LogP contribution in [0, 0.1) is 17.2 Å². The molecular weight excluding hydrogens is 224 g/mol. The molecule has 1 aliphatic rings. The SMILES string of the molecule is CCC1CCN(c2ccc(CO)cc2C#N)CC1. The number of nitrogens with zero attached hydrogens (tertiary/aromatic N) is 2. The molecule has 0 amide bonds. The van der Waals surface area contributed by atoms with Crippen LogP contribution in [0.4, 0.5) is 5.69 Å². The van der Waals surface area contributed by atoms with Gasteiger partial charge in [0, 0.05) is 13.1 Å². The van der Waals surface area contributed by atoms with Gasteiger partial charge < -0.3 is 10.0 Å². The Balaban J connectivity index is 2.16. The average molecular weight is 244 g/mol. The Morgan fingerprint density at radius 1 is 1.39 bits per heavy atom. The van der Waals surface area contributed by atoms with Crippen molar-refractivity contribution in [3.8, 4) is 6.07 Å². The van der Waals surface area contributed by atoms with Crippen molar-refractivity contribution in [2.45, 2.75) is 32.8 Å². The summed E-state index contributed by atoms with van der Waals surface area (Å²) in [4.78, 5) is 2.30. The predicted octanol–water partition coefficient (Wildman–Crippen LogP) is 2.68. The second-order valence-electron chi connectivity index (χ2n) is 4.96. The Hall–Kier alpha value is -1.53. The van der Waals surface area contributed by atoms with E-state index in [1.54, 1.807) is 6.07 Å². The maximum absolute atomic E-state index is 9.21. The predicted molar refractivity (Wildman–Crippen MR) is 72.3 cm³/mol. The molecular formula is C15H20N2O. The van der Waals surface area contributed by atoms with Gasteiger partial charge in [-0.3, -0.25) is 0 Å². The molecule has 1 N–H and O–H groups in total. The van der Waals surface area contributed by atoms with Gasteiger partial charge in [0.25, 0.3) is 0 Å². The fraction of sp³-hybridized carbons (Fsp3) is 0.533. The Morgan fingerprint density at radius 2 is 2.11 bits per heavy atom. The number of rotatable bonds is 3. The highest BCUT2D eigenvalue weighted by molar-refractivity contribution is 5.60. The number of nitriles is 1. The quantitative estimate of drug-likeness (QED) is 0.889. The van der Waals surface area contributed by atoms with Gasteiger partial charge in [0.05, 0.1) is 17.9 Å². The van der Waals surface area contributed by atoms with Gasteiger partial charge in [-0.1, -0.05) is 19.4 Å². The van der Waals surface area contributed by atoms with Crippen LogP contribution in [0.2, 0.25) is 0 Å². The third-order valence-electron chi connectivity index (χ3n) is 3.90. The minimum atomic E-state index is -0.00707. The summed E-state index contributed by atoms with van der Waals surface area (Å²) in [6.07, 6.45) is 3.68. The minimum Gasteiger partial charge on any atom is -0.392 e. The van der Waals surface area contributed by atoms with Crippen molar-refractivity contribution in [1.82, 2.24) is 0 Å². The summed E-state index contributed by atoms with van der Waals surface area (Å²) in [5, 5.41) is 18.3. The number of aliphatic hydroxyl groups excluding tert-OH is 1. The van der Waals surface area contributed by atoms with Gasteiger partial charge in [0.2, 0.25) is 0 Å². The van der Waals surface area contributed by atoms with E-state index in [0.717, 1.165) is 30.3 Å². The first-order chi connectivity index (χ1) is 8.78. The molecule has 0 bridgehead atoms. The molecule has 18 heavy (non-hydrogen) atoms. The van der Waals surface area contributed by atoms with E-state index in [1.807, 2.05) is 12.1 Å². The third kappa shape index (κ3) is 2.65. The molecule has 1 aliphatic heterocycles. The maximum Gasteiger partial charge on any atom is 0.101 e. The zero-order valence-corrected chi connectivity index (χ0v) is 10.9. The summed E-state index contributed by atoms with van der Waals surface area (Å²) >= 11 is 0. The lowest BCUT2D eigenvalue weighted by Gasteiger charge is -2.33. The van der Waals surface area contributed by atoms with E-state index in [2.05, 4.69) is 17.9 Å². The van der Waals surface area contributed by atoms with Gasteiger partial charge in [0.1, 0.15) is 6.07 Å². The van der Waals surface area contributed by atoms with Gasteiger partial charge in [-0.2, -0.15) is 5.26 Å². The highest BCUT2D eigenvalue weighted by atomic mass is 16.3. The third-order valence-corrected chi connectivity index (χ3v) is 3.90. The summed E-state index contributed by atoms with van der Waals surface area (Å²) < 4.78 is 0. The summed E-state index contributed by atoms with van der Waals surface area (Å²) in [5.74, 6) is 0.837. The molecule has 0 saturated carbocycles. The largest absolute Gasteiger partial charge is 0.392 e. The van der Waals surface area contributed by atoms with Gasteiger partial charge in [-0.05, 0) is 36.5 Å². The lowest BCUT2D eigenvalue weighted by Crippen LogP contribution is -2.33. The Morgan fingerprint density at radius 3 is 2.67 bits per heavy atom. The van der Waals surface area contributed by atoms with Crippen LogP contribution in [0.3, 0.4) is 0 Å². The average Bonchev–Trinajstić information content (AvgIpc) is 2.46. The summed E-state index contributed by atoms with van der Waals surface area (Å²) in [7, 11) is 0. The molecule has 0 unspecified atom stereocenters. The van der Waals surface area contributed by atoms with Crippen molar-refractivity contribution in [1.29, 1.82) is 5.26 Å². The first-order valence-electron chi connectivity index (χ1n) is 6.67. The highest BCUT2D eigenvalue weighted by Crippen LogP contribution is 2.28. The molecule has 3 heteroatoms. The summed E-state index contributed by atoms with van der Waals surface area (Å²) in [5.41, 5.74) is 2.50. The van der Waals surface area contributed by atoms with E-state index in [1.165, 1.54) is 19.3 Å². The van der Waals surface area contributed by atoms with Crippen molar-refractivity contribution in [3.05, 3.63) is 29.3 Å². The molecule has 1 fully saturated rings. The van der Waals surface area contributed by atoms with Crippen LogP contribution in [0.5, 0.6) is 0 Å². The normalized spacial score (nSPS) is 16.6. The number of piperidine rings is 1. The number of hydrogen-bond donors (Lipinski definition) is 1. The van der Waals surface area contributed by atoms with Crippen LogP contribution in [-0.2, 0) is 6.61 Å². The smallest absolute Gasteiger partial charge is 0.101 e. The molecule has 0 aliphatic carbocycles. The van der Waals surface area contributed by atoms with Crippen molar-refractivity contribution < 1.29 is 5.11 Å². The molecule has 0 atom stereocenters. The van der Waals surface area contributed by atoms with E-state index in [9.17, 15) is 5.26 Å². The molecule has 0 radical (unpaired) electrons. The van der Waals surface area contributed by atoms with E-state index in [0.29, 0.717) is 5.56 Å². The van der Waals surface area contributed by atoms with Gasteiger partial charge in [0.15, 0.2) is 0 Å². The summed E-state index contributed by atoms with van der Waals surface area (Å²) in [6, 6.07) is 7.91. The van der Waals surface area contributed by atoms with Crippen LogP contribution < -0.4 is 4.90 Å². The number of benzene rings is 1. The zero-order valence-electron chi connectivity index (χ0n) is 10.9. The van der Waals surface area contributed by atoms with E-state index in [4.69, 9.17) is 5.11 Å². The van der Waals surface area contributed by atoms with E-state index >= 15 is 0 Å². The standard InChI is InChI=1S/C15H20N2O/c1-2-12-5-7-17(8-6-12)15-4-3-13(11-18)9-14(15)10-16/h3-4,9,12,18H,2,5-8,11H2,1H3. The van der Waals surface area contributed by atoms with Crippen molar-refractivity contribution in [3.63, 3.8) is 0 Å². The lowest BCUT2D eigenvalue weighted by molar-refractivity contribution is 0.282. The number of aliphatic hydroxyl groups is 1. The molecule has 1 aromatic carbocycles. The Labute approximate surface area is 109 Å². The number of hydrogen-bond acceptors (Lipinski definition) is 3. The second-order valence-corrected chi connectivity index (χ2v) is 4.96. The molecule has 2 rings (SSSR count). The van der Waals surface area contributed by atoms with Crippen molar-refractivity contribution in [2.75, 3.05) is 18.0 Å². The monoisotopic (exact) mass is 244 g/mol. The van der Waals surface area contributed by atoms with Gasteiger partial charge in [-0.25, -0.2) is 0 Å². The van der Waals surface area contributed by atoms with Crippen molar-refractivity contribution >= 4 is 5.69 Å². The number of anilines is 1. The van der Waals surface area contributed by atoms with Crippen molar-refractivity contribution in [2.24, 2.45) is 5.92 Å². The van der Waals surface area contributed by atoms with Gasteiger partial charge >= 0.3 is 0 Å². The van der Waals surface area contributed by atoms with Crippen LogP contribution in [0.1, 0.15) is 37.3 Å². The molecule has 96 valence electrons. The highest BCUT2D eigenvalue weighted by Gasteiger charge is 2.19. The van der Waals surface area contributed by atoms with Crippen LogP contribution in [-0.4, -0.2) is 18.2 Å². The van der Waals surface area contributed by atoms with E-state index < -0.39 is 0 Å². The molecule has 3 nitrogen and oxygen atoms in total. The van der Waals surface area contributed by atoms with Gasteiger partial charge in [-0.15, -0.1) is 0 Å². The molecule has 0 aromatic heterocycles. The Bertz CT molecular complexity index is 442. The maximum atomic E-state index is 9.21. The van der Waals surface area contributed by atoms with E-state index in [-0.39, 0.29) is 6.61 Å². The molecule has 0 spiro atoms. The lowest BCUT2D eigenvalue weighted by atomic mass is 9.93. The zero-order chi connectivity index (χ0) is 13.0. The Kier molecular flexibility index (Phi) is 4.22.